The van der Waals surface area contributed by atoms with Gasteiger partial charge < -0.3 is 50.0 Å². The summed E-state index contributed by atoms with van der Waals surface area (Å²) in [6, 6.07) is 59.1. The zero-order valence-electron chi connectivity index (χ0n) is 70.9. The lowest BCUT2D eigenvalue weighted by Gasteiger charge is -2.41. The number of nitrogens with two attached hydrogens (primary N) is 1. The van der Waals surface area contributed by atoms with E-state index >= 15 is 4.79 Å². The van der Waals surface area contributed by atoms with E-state index in [-0.39, 0.29) is 74.7 Å². The number of hydrogen-bond donors (Lipinski definition) is 3. The van der Waals surface area contributed by atoms with Crippen LogP contribution in [0.3, 0.4) is 0 Å². The van der Waals surface area contributed by atoms with E-state index in [0.29, 0.717) is 129 Å². The number of imide groups is 2. The minimum Gasteiger partial charge on any atom is -0.494 e. The van der Waals surface area contributed by atoms with Crippen molar-refractivity contribution in [1.82, 2.24) is 24.9 Å². The van der Waals surface area contributed by atoms with Crippen molar-refractivity contribution in [2.75, 3.05) is 141 Å². The summed E-state index contributed by atoms with van der Waals surface area (Å²) in [6.45, 7) is 17.0. The third kappa shape index (κ3) is 22.4. The summed E-state index contributed by atoms with van der Waals surface area (Å²) in [5.74, 6) is 0.886. The first kappa shape index (κ1) is 90.5. The first-order valence-corrected chi connectivity index (χ1v) is 46.2. The summed E-state index contributed by atoms with van der Waals surface area (Å²) in [5, 5.41) is 17.5. The SMILES string of the molecule is CC(C)CC(N)C(=O)N1c2cc(OCCCC(c3cccc(CN(Cc4ccccc4)C(=O)N4C(=O)CCc5ccc(OCC(CCN6CCN(c7cccc(Cl)c7Cl)CC6)c6ccc(CNC(=O)N7C(=O)CCc8ccc(OCCCCN9CCN(c%10cccc(Cl)c%10Cl)CC9)cc87)cc6)cc54)c3)N3CCN(c4cccc(Cl)c4Cl)CC3)ccc2CCC1O. The van der Waals surface area contributed by atoms with E-state index in [2.05, 4.69) is 65.0 Å². The molecular weight excluding hydrogens is 1700 g/mol. The average Bonchev–Trinajstić information content (AvgIpc) is 0.785. The predicted octanol–water partition coefficient (Wildman–Crippen LogP) is 18.9. The summed E-state index contributed by atoms with van der Waals surface area (Å²) in [5.41, 5.74) is 18.3. The van der Waals surface area contributed by atoms with Gasteiger partial charge in [-0.3, -0.25) is 34.0 Å². The predicted molar refractivity (Wildman–Crippen MR) is 502 cm³/mol. The Bertz CT molecular complexity index is 5260. The number of aryl methyl sites for hydroxylation is 3. The van der Waals surface area contributed by atoms with Crippen LogP contribution in [0.15, 0.2) is 188 Å². The molecule has 0 saturated carbocycles. The molecule has 6 aliphatic heterocycles. The van der Waals surface area contributed by atoms with Crippen LogP contribution in [0.2, 0.25) is 30.1 Å². The van der Waals surface area contributed by atoms with E-state index in [1.165, 1.54) is 14.7 Å². The molecule has 3 fully saturated rings. The maximum Gasteiger partial charge on any atom is 0.331 e. The van der Waals surface area contributed by atoms with Gasteiger partial charge in [-0.15, -0.1) is 0 Å². The molecule has 3 saturated heterocycles. The van der Waals surface area contributed by atoms with Crippen molar-refractivity contribution in [3.63, 3.8) is 0 Å². The Balaban J connectivity index is 0.622. The Morgan fingerprint density at radius 1 is 0.480 bits per heavy atom. The van der Waals surface area contributed by atoms with Crippen LogP contribution in [0.25, 0.3) is 0 Å². The van der Waals surface area contributed by atoms with Gasteiger partial charge in [0.15, 0.2) is 0 Å². The molecule has 7 amide bonds. The van der Waals surface area contributed by atoms with Crippen molar-refractivity contribution in [3.8, 4) is 17.2 Å². The molecule has 27 heteroatoms. The van der Waals surface area contributed by atoms with Crippen LogP contribution in [-0.4, -0.2) is 178 Å². The van der Waals surface area contributed by atoms with E-state index in [0.717, 1.165) is 166 Å². The summed E-state index contributed by atoms with van der Waals surface area (Å²) < 4.78 is 19.7. The van der Waals surface area contributed by atoms with Crippen LogP contribution in [-0.2, 0) is 53.3 Å². The number of halogens is 6. The molecule has 0 aromatic heterocycles. The number of benzene rings is 9. The number of nitrogens with one attached hydrogen (secondary N) is 1. The highest BCUT2D eigenvalue weighted by atomic mass is 35.5. The number of aliphatic hydroxyl groups is 1. The maximum atomic E-state index is 15.8. The summed E-state index contributed by atoms with van der Waals surface area (Å²) in [4.78, 5) is 92.3. The molecule has 0 radical (unpaired) electrons. The molecule has 0 bridgehead atoms. The first-order chi connectivity index (χ1) is 60.6. The quantitative estimate of drug-likeness (QED) is 0.0336. The summed E-state index contributed by atoms with van der Waals surface area (Å²) in [6.07, 6.45) is 5.77. The Kier molecular flexibility index (Phi) is 30.8. The summed E-state index contributed by atoms with van der Waals surface area (Å²) in [7, 11) is 0. The Hall–Kier alpha value is -9.33. The molecular formula is C98H110Cl6N12O9. The molecule has 9 aromatic rings. The molecule has 9 aromatic carbocycles. The van der Waals surface area contributed by atoms with Crippen LogP contribution in [0.5, 0.6) is 17.2 Å². The molecule has 0 spiro atoms. The highest BCUT2D eigenvalue weighted by Gasteiger charge is 2.38. The maximum absolute atomic E-state index is 15.8. The third-order valence-corrected chi connectivity index (χ3v) is 27.4. The number of carbonyl (C=O) groups excluding carboxylic acids is 5. The van der Waals surface area contributed by atoms with Crippen LogP contribution >= 0.6 is 69.6 Å². The number of nitrogens with zero attached hydrogens (tertiary/aromatic N) is 10. The van der Waals surface area contributed by atoms with Crippen molar-refractivity contribution < 1.29 is 43.3 Å². The standard InChI is InChI=1S/C98H110Cl6N12O9/c1-66(2)57-82(105)96(120)114-87-59-76(34-28-71(87)31-37-90(114)117)124-56-12-23-83(109-51-53-112(54-52-109)86-22-11-19-81(101)95(86)104)74-16-8-15-69(58-74)64-113(63-68-13-4-3-5-14-68)98(122)116-89-61-78(36-30-73(89)33-39-92(116)119)125-65-75(40-42-108-45-49-111(50-46-108)85-21-10-18-80(100)94(85)103)70-26-24-67(25-27-70)62-106-97(121)115-88-60-77(35-29-72(88)32-38-91(115)118)123-55-7-6-41-107-43-47-110(48-44-107)84-20-9-17-79(99)93(84)102/h3-5,8-11,13-22,24-30,34-36,58-61,66,75,82-83,90,117H,6-7,12,23,31-33,37-57,62-65,105H2,1-2H3,(H,106,121). The molecule has 4 unspecified atom stereocenters. The van der Waals surface area contributed by atoms with Crippen LogP contribution in [0.1, 0.15) is 128 Å². The van der Waals surface area contributed by atoms with E-state index in [4.69, 9.17) is 89.5 Å². The minimum atomic E-state index is -0.992. The van der Waals surface area contributed by atoms with Crippen molar-refractivity contribution in [2.45, 2.75) is 135 Å². The largest absolute Gasteiger partial charge is 0.494 e. The molecule has 6 heterocycles. The normalized spacial score (nSPS) is 17.2. The highest BCUT2D eigenvalue weighted by molar-refractivity contribution is 6.45. The Labute approximate surface area is 763 Å². The summed E-state index contributed by atoms with van der Waals surface area (Å²) >= 11 is 39.5. The Morgan fingerprint density at radius 3 is 1.57 bits per heavy atom. The Morgan fingerprint density at radius 2 is 0.984 bits per heavy atom. The van der Waals surface area contributed by atoms with Crippen molar-refractivity contribution in [1.29, 1.82) is 0 Å². The first-order valence-electron chi connectivity index (χ1n) is 43.9. The number of hydrogen-bond acceptors (Lipinski definition) is 16. The van der Waals surface area contributed by atoms with E-state index in [1.54, 1.807) is 17.0 Å². The topological polar surface area (TPSA) is 204 Å². The lowest BCUT2D eigenvalue weighted by molar-refractivity contribution is -0.122. The fourth-order valence-corrected chi connectivity index (χ4v) is 19.3. The number of carbonyl (C=O) groups is 5. The lowest BCUT2D eigenvalue weighted by atomic mass is 9.95. The minimum absolute atomic E-state index is 0.0723. The van der Waals surface area contributed by atoms with E-state index < -0.39 is 24.3 Å². The second kappa shape index (κ2) is 42.5. The zero-order valence-corrected chi connectivity index (χ0v) is 75.5. The number of amides is 7. The number of aliphatic hydroxyl groups excluding tert-OH is 1. The van der Waals surface area contributed by atoms with Gasteiger partial charge in [0, 0.05) is 141 Å². The van der Waals surface area contributed by atoms with Crippen LogP contribution in [0, 0.1) is 5.92 Å². The van der Waals surface area contributed by atoms with Crippen molar-refractivity contribution in [3.05, 3.63) is 263 Å². The fourth-order valence-electron chi connectivity index (χ4n) is 18.1. The monoisotopic (exact) mass is 1810 g/mol. The zero-order chi connectivity index (χ0) is 87.2. The molecule has 0 aliphatic carbocycles. The van der Waals surface area contributed by atoms with Gasteiger partial charge in [0.25, 0.3) is 0 Å². The lowest BCUT2D eigenvalue weighted by Crippen LogP contribution is -2.51. The second-order valence-electron chi connectivity index (χ2n) is 33.8. The number of anilines is 6. The molecule has 15 rings (SSSR count). The van der Waals surface area contributed by atoms with Gasteiger partial charge in [-0.2, -0.15) is 0 Å². The highest BCUT2D eigenvalue weighted by Crippen LogP contribution is 2.42. The fraction of sp³-hybridized carbons (Fsp3) is 0.398. The molecule has 4 atom stereocenters. The van der Waals surface area contributed by atoms with Gasteiger partial charge in [-0.05, 0) is 182 Å². The smallest absolute Gasteiger partial charge is 0.331 e. The number of fused-ring (bicyclic) bond motifs is 3. The number of urea groups is 2. The average molecular weight is 1810 g/mol. The van der Waals surface area contributed by atoms with E-state index in [9.17, 15) is 24.3 Å². The van der Waals surface area contributed by atoms with Gasteiger partial charge in [0.05, 0.1) is 90.1 Å². The molecule has 658 valence electrons. The van der Waals surface area contributed by atoms with Crippen molar-refractivity contribution >= 4 is 134 Å². The number of rotatable bonds is 32. The molecule has 125 heavy (non-hydrogen) atoms. The third-order valence-electron chi connectivity index (χ3n) is 25.0. The van der Waals surface area contributed by atoms with Gasteiger partial charge in [-0.25, -0.2) is 19.4 Å². The van der Waals surface area contributed by atoms with Crippen LogP contribution in [0.4, 0.5) is 43.7 Å². The number of ether oxygens (including phenoxy) is 3. The van der Waals surface area contributed by atoms with Gasteiger partial charge in [0.2, 0.25) is 17.7 Å². The molecule has 21 nitrogen and oxygen atoms in total. The van der Waals surface area contributed by atoms with Crippen molar-refractivity contribution in [2.24, 2.45) is 11.7 Å². The van der Waals surface area contributed by atoms with E-state index in [1.807, 2.05) is 159 Å². The molecule has 4 N–H and O–H groups in total. The van der Waals surface area contributed by atoms with Gasteiger partial charge in [-0.1, -0.05) is 199 Å². The van der Waals surface area contributed by atoms with Gasteiger partial charge >= 0.3 is 12.1 Å². The number of unbranched alkanes of at least 4 members (excludes halogenated alkanes) is 1. The van der Waals surface area contributed by atoms with Crippen LogP contribution < -0.4 is 54.7 Å². The molecule has 6 aliphatic rings. The second-order valence-corrected chi connectivity index (χ2v) is 36.2. The van der Waals surface area contributed by atoms with Gasteiger partial charge in [0.1, 0.15) is 23.5 Å². The number of piperazine rings is 3.